The van der Waals surface area contributed by atoms with Crippen molar-refractivity contribution in [2.75, 3.05) is 13.1 Å². The number of nitrogens with one attached hydrogen (secondary N) is 2. The highest BCUT2D eigenvalue weighted by molar-refractivity contribution is 5.95. The molecule has 2 aliphatic rings. The van der Waals surface area contributed by atoms with Crippen molar-refractivity contribution in [2.45, 2.75) is 51.1 Å². The Balaban J connectivity index is 1.23. The van der Waals surface area contributed by atoms with Crippen molar-refractivity contribution >= 4 is 17.7 Å². The number of hydrogen-bond donors (Lipinski definition) is 2. The van der Waals surface area contributed by atoms with E-state index in [0.29, 0.717) is 54.8 Å². The molecule has 220 valence electrons. The van der Waals surface area contributed by atoms with Crippen molar-refractivity contribution in [3.63, 3.8) is 0 Å². The maximum absolute atomic E-state index is 13.1. The van der Waals surface area contributed by atoms with Crippen LogP contribution in [0.1, 0.15) is 65.8 Å². The van der Waals surface area contributed by atoms with E-state index in [4.69, 9.17) is 9.26 Å². The number of ether oxygens (including phenoxy) is 1. The number of hydrogen-bond acceptors (Lipinski definition) is 7. The van der Waals surface area contributed by atoms with Crippen LogP contribution in [0.5, 0.6) is 11.5 Å². The lowest BCUT2D eigenvalue weighted by Crippen LogP contribution is -2.36. The van der Waals surface area contributed by atoms with E-state index in [1.54, 1.807) is 24.3 Å². The number of carbonyl (C=O) groups excluding carboxylic acids is 3. The molecule has 3 heterocycles. The summed E-state index contributed by atoms with van der Waals surface area (Å²) in [6.45, 7) is 5.35. The standard InChI is InChI=1S/C33H33N5O5/c1-20(2)31-36-33(43-37-31)22-10-12-27(13-11-22)42-28-14-23(32(41)35-26-16-29(39)34-17-26)8-9-24(28)18-38-19-25(15-30(38)40)21-6-4-3-5-7-21/h3-14,20,25-26H,15-19H2,1-2H3,(H,34,39)(H,35,41)/t25-,26+/m1/s1. The van der Waals surface area contributed by atoms with Crippen LogP contribution in [0.2, 0.25) is 0 Å². The lowest BCUT2D eigenvalue weighted by Gasteiger charge is -2.20. The van der Waals surface area contributed by atoms with E-state index in [9.17, 15) is 14.4 Å². The second-order valence-electron chi connectivity index (χ2n) is 11.3. The zero-order valence-corrected chi connectivity index (χ0v) is 24.1. The Bertz CT molecular complexity index is 1630. The van der Waals surface area contributed by atoms with Crippen LogP contribution in [0.4, 0.5) is 0 Å². The van der Waals surface area contributed by atoms with Crippen molar-refractivity contribution in [2.24, 2.45) is 0 Å². The molecular weight excluding hydrogens is 546 g/mol. The van der Waals surface area contributed by atoms with Crippen LogP contribution in [0.15, 0.2) is 77.3 Å². The molecule has 43 heavy (non-hydrogen) atoms. The fourth-order valence-corrected chi connectivity index (χ4v) is 5.36. The van der Waals surface area contributed by atoms with Gasteiger partial charge in [-0.2, -0.15) is 4.98 Å². The highest BCUT2D eigenvalue weighted by Gasteiger charge is 2.31. The minimum Gasteiger partial charge on any atom is -0.457 e. The van der Waals surface area contributed by atoms with Crippen molar-refractivity contribution < 1.29 is 23.6 Å². The monoisotopic (exact) mass is 579 g/mol. The molecule has 3 aromatic carbocycles. The van der Waals surface area contributed by atoms with Crippen LogP contribution >= 0.6 is 0 Å². The van der Waals surface area contributed by atoms with E-state index in [2.05, 4.69) is 32.9 Å². The van der Waals surface area contributed by atoms with Gasteiger partial charge in [0.05, 0.1) is 6.04 Å². The highest BCUT2D eigenvalue weighted by Crippen LogP contribution is 2.33. The van der Waals surface area contributed by atoms with Crippen molar-refractivity contribution in [3.05, 3.63) is 95.3 Å². The molecule has 0 bridgehead atoms. The number of rotatable bonds is 9. The number of carbonyl (C=O) groups is 3. The molecule has 2 saturated heterocycles. The first-order valence-corrected chi connectivity index (χ1v) is 14.5. The summed E-state index contributed by atoms with van der Waals surface area (Å²) in [5.41, 5.74) is 3.08. The third-order valence-electron chi connectivity index (χ3n) is 7.78. The molecule has 10 heteroatoms. The lowest BCUT2D eigenvalue weighted by atomic mass is 9.98. The van der Waals surface area contributed by atoms with Gasteiger partial charge in [-0.1, -0.05) is 55.4 Å². The molecule has 10 nitrogen and oxygen atoms in total. The quantitative estimate of drug-likeness (QED) is 0.292. The summed E-state index contributed by atoms with van der Waals surface area (Å²) in [5.74, 6) is 2.05. The van der Waals surface area contributed by atoms with Crippen molar-refractivity contribution in [3.8, 4) is 23.0 Å². The van der Waals surface area contributed by atoms with E-state index < -0.39 is 0 Å². The van der Waals surface area contributed by atoms with Gasteiger partial charge in [-0.05, 0) is 42.0 Å². The molecule has 2 aliphatic heterocycles. The smallest absolute Gasteiger partial charge is 0.257 e. The van der Waals surface area contributed by atoms with Gasteiger partial charge in [-0.15, -0.1) is 0 Å². The van der Waals surface area contributed by atoms with Gasteiger partial charge in [0.15, 0.2) is 5.82 Å². The lowest BCUT2D eigenvalue weighted by molar-refractivity contribution is -0.128. The second kappa shape index (κ2) is 12.1. The number of amides is 3. The third kappa shape index (κ3) is 6.43. The van der Waals surface area contributed by atoms with Crippen LogP contribution in [0.3, 0.4) is 0 Å². The summed E-state index contributed by atoms with van der Waals surface area (Å²) in [6.07, 6.45) is 0.697. The largest absolute Gasteiger partial charge is 0.457 e. The number of aromatic nitrogens is 2. The Labute approximate surface area is 249 Å². The first-order chi connectivity index (χ1) is 20.8. The first kappa shape index (κ1) is 28.1. The molecule has 0 radical (unpaired) electrons. The summed E-state index contributed by atoms with van der Waals surface area (Å²) in [5, 5.41) is 9.67. The summed E-state index contributed by atoms with van der Waals surface area (Å²) >= 11 is 0. The molecule has 2 atom stereocenters. The normalized spacial score (nSPS) is 18.3. The van der Waals surface area contributed by atoms with Crippen molar-refractivity contribution in [1.82, 2.24) is 25.7 Å². The number of likely N-dealkylation sites (tertiary alicyclic amines) is 1. The Kier molecular flexibility index (Phi) is 7.91. The molecule has 6 rings (SSSR count). The Morgan fingerprint density at radius 2 is 1.86 bits per heavy atom. The van der Waals surface area contributed by atoms with E-state index in [0.717, 1.165) is 16.7 Å². The van der Waals surface area contributed by atoms with E-state index in [-0.39, 0.29) is 42.0 Å². The molecule has 1 aromatic heterocycles. The molecule has 2 fully saturated rings. The van der Waals surface area contributed by atoms with Gasteiger partial charge in [0.25, 0.3) is 11.8 Å². The van der Waals surface area contributed by atoms with Crippen LogP contribution in [-0.4, -0.2) is 51.9 Å². The summed E-state index contributed by atoms with van der Waals surface area (Å²) in [4.78, 5) is 44.0. The maximum Gasteiger partial charge on any atom is 0.257 e. The predicted octanol–water partition coefficient (Wildman–Crippen LogP) is 4.79. The highest BCUT2D eigenvalue weighted by atomic mass is 16.5. The predicted molar refractivity (Wildman–Crippen MR) is 158 cm³/mol. The van der Waals surface area contributed by atoms with Gasteiger partial charge in [0.1, 0.15) is 11.5 Å². The zero-order chi connectivity index (χ0) is 29.9. The molecule has 0 aliphatic carbocycles. The first-order valence-electron chi connectivity index (χ1n) is 14.5. The average Bonchev–Trinajstić information content (AvgIpc) is 3.75. The summed E-state index contributed by atoms with van der Waals surface area (Å²) in [7, 11) is 0. The van der Waals surface area contributed by atoms with Crippen LogP contribution < -0.4 is 15.4 Å². The fraction of sp³-hybridized carbons (Fsp3) is 0.303. The molecule has 0 unspecified atom stereocenters. The van der Waals surface area contributed by atoms with E-state index in [1.165, 1.54) is 0 Å². The third-order valence-corrected chi connectivity index (χ3v) is 7.78. The maximum atomic E-state index is 13.1. The topological polar surface area (TPSA) is 127 Å². The van der Waals surface area contributed by atoms with Gasteiger partial charge in [0.2, 0.25) is 11.8 Å². The minimum atomic E-state index is -0.299. The van der Waals surface area contributed by atoms with Crippen molar-refractivity contribution in [1.29, 1.82) is 0 Å². The van der Waals surface area contributed by atoms with Crippen LogP contribution in [-0.2, 0) is 16.1 Å². The van der Waals surface area contributed by atoms with Gasteiger partial charge in [-0.3, -0.25) is 14.4 Å². The van der Waals surface area contributed by atoms with Crippen LogP contribution in [0, 0.1) is 0 Å². The molecule has 0 spiro atoms. The Morgan fingerprint density at radius 1 is 1.07 bits per heavy atom. The fourth-order valence-electron chi connectivity index (χ4n) is 5.36. The Morgan fingerprint density at radius 3 is 2.56 bits per heavy atom. The van der Waals surface area contributed by atoms with E-state index in [1.807, 2.05) is 55.1 Å². The number of nitrogens with zero attached hydrogens (tertiary/aromatic N) is 3. The molecule has 2 N–H and O–H groups in total. The molecule has 4 aromatic rings. The summed E-state index contributed by atoms with van der Waals surface area (Å²) in [6, 6.07) is 22.3. The molecule has 3 amide bonds. The van der Waals surface area contributed by atoms with Gasteiger partial charge < -0.3 is 24.8 Å². The van der Waals surface area contributed by atoms with Gasteiger partial charge in [0, 0.05) is 61.0 Å². The second-order valence-corrected chi connectivity index (χ2v) is 11.3. The Hall–Kier alpha value is -4.99. The van der Waals surface area contributed by atoms with Crippen LogP contribution in [0.25, 0.3) is 11.5 Å². The SMILES string of the molecule is CC(C)c1noc(-c2ccc(Oc3cc(C(=O)N[C@@H]4CNC(=O)C4)ccc3CN3C[C@H](c4ccccc4)CC3=O)cc2)n1. The zero-order valence-electron chi connectivity index (χ0n) is 24.1. The number of benzene rings is 3. The van der Waals surface area contributed by atoms with Gasteiger partial charge >= 0.3 is 0 Å². The molecule has 0 saturated carbocycles. The minimum absolute atomic E-state index is 0.0738. The summed E-state index contributed by atoms with van der Waals surface area (Å²) < 4.78 is 11.7. The van der Waals surface area contributed by atoms with E-state index >= 15 is 0 Å². The molecular formula is C33H33N5O5. The van der Waals surface area contributed by atoms with Gasteiger partial charge in [-0.25, -0.2) is 0 Å². The average molecular weight is 580 g/mol.